The lowest BCUT2D eigenvalue weighted by molar-refractivity contribution is 0.386. The van der Waals surface area contributed by atoms with Crippen molar-refractivity contribution in [2.45, 2.75) is 6.54 Å². The van der Waals surface area contributed by atoms with Gasteiger partial charge in [0.25, 0.3) is 0 Å². The average Bonchev–Trinajstić information content (AvgIpc) is 2.89. The van der Waals surface area contributed by atoms with E-state index < -0.39 is 0 Å². The second-order valence-electron chi connectivity index (χ2n) is 5.86. The quantitative estimate of drug-likeness (QED) is 0.581. The Bertz CT molecular complexity index is 923. The molecule has 4 rings (SSSR count). The van der Waals surface area contributed by atoms with Gasteiger partial charge >= 0.3 is 0 Å². The summed E-state index contributed by atoms with van der Waals surface area (Å²) in [4.78, 5) is 11.9. The molecule has 0 aliphatic carbocycles. The van der Waals surface area contributed by atoms with Gasteiger partial charge in [-0.15, -0.1) is 0 Å². The highest BCUT2D eigenvalue weighted by Crippen LogP contribution is 2.31. The Labute approximate surface area is 129 Å². The zero-order valence-corrected chi connectivity index (χ0v) is 12.8. The highest BCUT2D eigenvalue weighted by atomic mass is 15.1. The summed E-state index contributed by atoms with van der Waals surface area (Å²) in [6.45, 7) is 1.87. The summed E-state index contributed by atoms with van der Waals surface area (Å²) in [5.41, 5.74) is 4.17. The first-order chi connectivity index (χ1) is 10.7. The second-order valence-corrected chi connectivity index (χ2v) is 5.86. The van der Waals surface area contributed by atoms with Crippen molar-refractivity contribution in [3.63, 3.8) is 0 Å². The van der Waals surface area contributed by atoms with Gasteiger partial charge in [-0.1, -0.05) is 30.3 Å². The molecule has 0 bridgehead atoms. The van der Waals surface area contributed by atoms with Gasteiger partial charge in [0, 0.05) is 18.5 Å². The highest BCUT2D eigenvalue weighted by Gasteiger charge is 2.19. The number of aromatic nitrogens is 3. The molecule has 0 unspecified atom stereocenters. The number of hydrogen-bond donors (Lipinski definition) is 0. The van der Waals surface area contributed by atoms with Crippen molar-refractivity contribution in [2.75, 3.05) is 20.6 Å². The van der Waals surface area contributed by atoms with Crippen molar-refractivity contribution in [1.29, 1.82) is 0 Å². The van der Waals surface area contributed by atoms with Crippen LogP contribution < -0.4 is 0 Å². The van der Waals surface area contributed by atoms with E-state index in [4.69, 9.17) is 9.97 Å². The van der Waals surface area contributed by atoms with Crippen molar-refractivity contribution in [3.8, 4) is 11.5 Å². The summed E-state index contributed by atoms with van der Waals surface area (Å²) in [5.74, 6) is 0.974. The Hall–Kier alpha value is -2.46. The van der Waals surface area contributed by atoms with Gasteiger partial charge in [-0.25, -0.2) is 9.97 Å². The smallest absolute Gasteiger partial charge is 0.160 e. The van der Waals surface area contributed by atoms with Crippen molar-refractivity contribution >= 4 is 21.9 Å². The monoisotopic (exact) mass is 290 g/mol. The minimum absolute atomic E-state index is 0.899. The fourth-order valence-electron chi connectivity index (χ4n) is 2.91. The first-order valence-corrected chi connectivity index (χ1v) is 7.52. The molecule has 2 heterocycles. The first kappa shape index (κ1) is 13.2. The topological polar surface area (TPSA) is 34.0 Å². The number of benzene rings is 2. The summed E-state index contributed by atoms with van der Waals surface area (Å²) in [6.07, 6.45) is 0. The third kappa shape index (κ3) is 2.04. The fourth-order valence-corrected chi connectivity index (χ4v) is 2.91. The minimum Gasteiger partial charge on any atom is -0.321 e. The van der Waals surface area contributed by atoms with Crippen LogP contribution in [-0.2, 0) is 6.54 Å². The molecule has 0 aromatic heterocycles. The standard InChI is InChI=1S/C18H18N4/c1-21(2)11-12-22-16-10-6-5-9-15(16)19-17-13-7-3-4-8-14(13)20-18(17)22/h3-10H,11-12H2,1-2H3. The fraction of sp³-hybridized carbons (Fsp3) is 0.222. The van der Waals surface area contributed by atoms with Crippen LogP contribution in [0.4, 0.5) is 0 Å². The maximum atomic E-state index is 4.86. The number of fused-ring (bicyclic) bond motifs is 4. The molecule has 4 heteroatoms. The molecule has 0 spiro atoms. The molecule has 22 heavy (non-hydrogen) atoms. The third-order valence-electron chi connectivity index (χ3n) is 4.03. The van der Waals surface area contributed by atoms with E-state index in [1.807, 2.05) is 18.2 Å². The zero-order valence-electron chi connectivity index (χ0n) is 12.8. The Morgan fingerprint density at radius 2 is 1.64 bits per heavy atom. The Balaban J connectivity index is 2.05. The summed E-state index contributed by atoms with van der Waals surface area (Å²) >= 11 is 0. The molecule has 2 aromatic carbocycles. The van der Waals surface area contributed by atoms with Gasteiger partial charge in [0.1, 0.15) is 5.69 Å². The predicted octanol–water partition coefficient (Wildman–Crippen LogP) is 3.25. The van der Waals surface area contributed by atoms with Crippen LogP contribution in [0, 0.1) is 0 Å². The van der Waals surface area contributed by atoms with Crippen LogP contribution in [0.15, 0.2) is 48.5 Å². The van der Waals surface area contributed by atoms with Crippen molar-refractivity contribution in [1.82, 2.24) is 19.4 Å². The number of nitrogens with zero attached hydrogens (tertiary/aromatic N) is 4. The summed E-state index contributed by atoms with van der Waals surface area (Å²) in [6, 6.07) is 16.5. The molecule has 0 amide bonds. The van der Waals surface area contributed by atoms with Gasteiger partial charge in [0.15, 0.2) is 5.82 Å². The normalized spacial score (nSPS) is 12.0. The van der Waals surface area contributed by atoms with Crippen LogP contribution in [0.2, 0.25) is 0 Å². The molecule has 0 radical (unpaired) electrons. The molecule has 0 saturated heterocycles. The molecule has 0 fully saturated rings. The molecule has 2 aliphatic heterocycles. The van der Waals surface area contributed by atoms with Gasteiger partial charge in [-0.2, -0.15) is 0 Å². The molecule has 4 nitrogen and oxygen atoms in total. The van der Waals surface area contributed by atoms with E-state index in [0.717, 1.165) is 46.5 Å². The van der Waals surface area contributed by atoms with Crippen LogP contribution in [0.5, 0.6) is 0 Å². The highest BCUT2D eigenvalue weighted by molar-refractivity contribution is 5.97. The molecule has 2 aliphatic rings. The lowest BCUT2D eigenvalue weighted by Gasteiger charge is -2.17. The molecule has 0 atom stereocenters. The number of rotatable bonds is 3. The minimum atomic E-state index is 0.899. The summed E-state index contributed by atoms with van der Waals surface area (Å²) < 4.78 is 2.29. The maximum absolute atomic E-state index is 4.86. The molecular formula is C18H18N4. The molecule has 110 valence electrons. The van der Waals surface area contributed by atoms with Gasteiger partial charge in [0.2, 0.25) is 0 Å². The van der Waals surface area contributed by atoms with Gasteiger partial charge in [0.05, 0.1) is 16.6 Å². The Kier molecular flexibility index (Phi) is 3.05. The van der Waals surface area contributed by atoms with E-state index in [1.165, 1.54) is 0 Å². The van der Waals surface area contributed by atoms with E-state index in [9.17, 15) is 0 Å². The lowest BCUT2D eigenvalue weighted by atomic mass is 10.2. The lowest BCUT2D eigenvalue weighted by Crippen LogP contribution is -2.20. The number of hydrogen-bond acceptors (Lipinski definition) is 3. The predicted molar refractivity (Wildman–Crippen MR) is 90.2 cm³/mol. The Morgan fingerprint density at radius 1 is 0.909 bits per heavy atom. The van der Waals surface area contributed by atoms with Crippen molar-refractivity contribution < 1.29 is 0 Å². The second kappa shape index (κ2) is 5.07. The largest absolute Gasteiger partial charge is 0.321 e. The van der Waals surface area contributed by atoms with Gasteiger partial charge in [-0.3, -0.25) is 0 Å². The Morgan fingerprint density at radius 3 is 2.45 bits per heavy atom. The van der Waals surface area contributed by atoms with Crippen molar-refractivity contribution in [2.24, 2.45) is 0 Å². The SMILES string of the molecule is CN(C)CCn1c2nc3ccccc3c-2nc2ccccc21. The number of likely N-dealkylation sites (N-methyl/N-ethyl adjacent to an activating group) is 1. The van der Waals surface area contributed by atoms with Crippen LogP contribution in [0.3, 0.4) is 0 Å². The third-order valence-corrected chi connectivity index (χ3v) is 4.03. The molecule has 0 N–H and O–H groups in total. The van der Waals surface area contributed by atoms with Crippen LogP contribution >= 0.6 is 0 Å². The van der Waals surface area contributed by atoms with E-state index in [0.29, 0.717) is 0 Å². The van der Waals surface area contributed by atoms with E-state index in [1.54, 1.807) is 0 Å². The average molecular weight is 290 g/mol. The van der Waals surface area contributed by atoms with Crippen LogP contribution in [-0.4, -0.2) is 40.1 Å². The van der Waals surface area contributed by atoms with Crippen molar-refractivity contribution in [3.05, 3.63) is 48.5 Å². The maximum Gasteiger partial charge on any atom is 0.160 e. The zero-order chi connectivity index (χ0) is 15.1. The van der Waals surface area contributed by atoms with E-state index in [2.05, 4.69) is 53.9 Å². The molecule has 0 saturated carbocycles. The molecule has 2 aromatic rings. The summed E-state index contributed by atoms with van der Waals surface area (Å²) in [7, 11) is 4.19. The summed E-state index contributed by atoms with van der Waals surface area (Å²) in [5, 5.41) is 1.13. The van der Waals surface area contributed by atoms with Crippen LogP contribution in [0.25, 0.3) is 33.5 Å². The van der Waals surface area contributed by atoms with E-state index in [-0.39, 0.29) is 0 Å². The number of para-hydroxylation sites is 3. The van der Waals surface area contributed by atoms with E-state index >= 15 is 0 Å². The van der Waals surface area contributed by atoms with Gasteiger partial charge in [-0.05, 0) is 32.3 Å². The molecular weight excluding hydrogens is 272 g/mol. The first-order valence-electron chi connectivity index (χ1n) is 7.52. The van der Waals surface area contributed by atoms with Crippen LogP contribution in [0.1, 0.15) is 0 Å². The van der Waals surface area contributed by atoms with Gasteiger partial charge < -0.3 is 9.47 Å².